The summed E-state index contributed by atoms with van der Waals surface area (Å²) in [6.07, 6.45) is 0.314. The summed E-state index contributed by atoms with van der Waals surface area (Å²) >= 11 is 0. The SMILES string of the molecule is CC(O)CC(C)CNC(=O)NCc1cc(N(C)C)nc2ccccc12. The van der Waals surface area contributed by atoms with Gasteiger partial charge in [0.2, 0.25) is 0 Å². The zero-order chi connectivity index (χ0) is 18.4. The van der Waals surface area contributed by atoms with Crippen LogP contribution in [0.15, 0.2) is 30.3 Å². The molecule has 0 aliphatic carbocycles. The average molecular weight is 344 g/mol. The molecule has 25 heavy (non-hydrogen) atoms. The second-order valence-corrected chi connectivity index (χ2v) is 6.80. The molecule has 6 nitrogen and oxygen atoms in total. The number of aromatic nitrogens is 1. The van der Waals surface area contributed by atoms with Crippen molar-refractivity contribution in [3.05, 3.63) is 35.9 Å². The molecule has 1 aromatic carbocycles. The molecule has 136 valence electrons. The van der Waals surface area contributed by atoms with Gasteiger partial charge in [-0.05, 0) is 37.0 Å². The van der Waals surface area contributed by atoms with E-state index >= 15 is 0 Å². The Bertz CT molecular complexity index is 716. The van der Waals surface area contributed by atoms with E-state index in [1.807, 2.05) is 56.3 Å². The second-order valence-electron chi connectivity index (χ2n) is 6.80. The Balaban J connectivity index is 2.01. The van der Waals surface area contributed by atoms with Crippen LogP contribution in [0.1, 0.15) is 25.8 Å². The molecule has 0 aliphatic rings. The van der Waals surface area contributed by atoms with Crippen molar-refractivity contribution in [3.63, 3.8) is 0 Å². The van der Waals surface area contributed by atoms with Gasteiger partial charge in [0.15, 0.2) is 0 Å². The van der Waals surface area contributed by atoms with E-state index in [1.165, 1.54) is 0 Å². The number of pyridine rings is 1. The lowest BCUT2D eigenvalue weighted by molar-refractivity contribution is 0.163. The monoisotopic (exact) mass is 344 g/mol. The number of benzene rings is 1. The molecular weight excluding hydrogens is 316 g/mol. The van der Waals surface area contributed by atoms with Gasteiger partial charge in [-0.1, -0.05) is 25.1 Å². The summed E-state index contributed by atoms with van der Waals surface area (Å²) in [5.41, 5.74) is 1.94. The van der Waals surface area contributed by atoms with E-state index in [0.29, 0.717) is 19.5 Å². The molecule has 0 fully saturated rings. The van der Waals surface area contributed by atoms with Gasteiger partial charge in [-0.15, -0.1) is 0 Å². The number of nitrogens with zero attached hydrogens (tertiary/aromatic N) is 2. The molecule has 6 heteroatoms. The number of carbonyl (C=O) groups is 1. The average Bonchev–Trinajstić information content (AvgIpc) is 2.56. The molecule has 2 aromatic rings. The minimum absolute atomic E-state index is 0.204. The lowest BCUT2D eigenvalue weighted by Gasteiger charge is -2.17. The van der Waals surface area contributed by atoms with Crippen LogP contribution in [-0.4, -0.2) is 42.9 Å². The van der Waals surface area contributed by atoms with Crippen LogP contribution in [0.2, 0.25) is 0 Å². The zero-order valence-corrected chi connectivity index (χ0v) is 15.4. The fraction of sp³-hybridized carbons (Fsp3) is 0.474. The van der Waals surface area contributed by atoms with Crippen molar-refractivity contribution in [2.75, 3.05) is 25.5 Å². The highest BCUT2D eigenvalue weighted by atomic mass is 16.3. The van der Waals surface area contributed by atoms with Crippen LogP contribution in [0, 0.1) is 5.92 Å². The molecule has 1 heterocycles. The third-order valence-corrected chi connectivity index (χ3v) is 4.04. The Morgan fingerprint density at radius 1 is 1.24 bits per heavy atom. The Hall–Kier alpha value is -2.34. The van der Waals surface area contributed by atoms with Crippen molar-refractivity contribution in [1.29, 1.82) is 0 Å². The first-order valence-corrected chi connectivity index (χ1v) is 8.62. The summed E-state index contributed by atoms with van der Waals surface area (Å²) in [7, 11) is 3.90. The van der Waals surface area contributed by atoms with Gasteiger partial charge in [0.05, 0.1) is 11.6 Å². The number of amides is 2. The summed E-state index contributed by atoms with van der Waals surface area (Å²) in [5, 5.41) is 16.2. The number of urea groups is 1. The molecule has 2 unspecified atom stereocenters. The van der Waals surface area contributed by atoms with E-state index < -0.39 is 0 Å². The summed E-state index contributed by atoms with van der Waals surface area (Å²) in [4.78, 5) is 18.6. The molecule has 2 amide bonds. The summed E-state index contributed by atoms with van der Waals surface area (Å²) in [6.45, 7) is 4.73. The van der Waals surface area contributed by atoms with E-state index in [1.54, 1.807) is 6.92 Å². The van der Waals surface area contributed by atoms with Gasteiger partial charge >= 0.3 is 6.03 Å². The lowest BCUT2D eigenvalue weighted by Crippen LogP contribution is -2.38. The molecular formula is C19H28N4O2. The number of hydrogen-bond donors (Lipinski definition) is 3. The van der Waals surface area contributed by atoms with Crippen molar-refractivity contribution in [1.82, 2.24) is 15.6 Å². The molecule has 2 atom stereocenters. The number of carbonyl (C=O) groups excluding carboxylic acids is 1. The van der Waals surface area contributed by atoms with Gasteiger partial charge < -0.3 is 20.6 Å². The molecule has 0 spiro atoms. The van der Waals surface area contributed by atoms with Crippen molar-refractivity contribution >= 4 is 22.8 Å². The van der Waals surface area contributed by atoms with E-state index in [-0.39, 0.29) is 18.1 Å². The predicted molar refractivity (Wildman–Crippen MR) is 102 cm³/mol. The fourth-order valence-electron chi connectivity index (χ4n) is 2.78. The highest BCUT2D eigenvalue weighted by Gasteiger charge is 2.10. The lowest BCUT2D eigenvalue weighted by atomic mass is 10.1. The normalized spacial score (nSPS) is 13.3. The van der Waals surface area contributed by atoms with E-state index in [4.69, 9.17) is 0 Å². The largest absolute Gasteiger partial charge is 0.393 e. The molecule has 0 saturated carbocycles. The number of aliphatic hydroxyl groups excluding tert-OH is 1. The molecule has 0 radical (unpaired) electrons. The third kappa shape index (κ3) is 5.60. The summed E-state index contributed by atoms with van der Waals surface area (Å²) in [5.74, 6) is 1.09. The van der Waals surface area contributed by atoms with Crippen LogP contribution in [0.3, 0.4) is 0 Å². The molecule has 1 aromatic heterocycles. The van der Waals surface area contributed by atoms with Crippen LogP contribution in [0.4, 0.5) is 10.6 Å². The van der Waals surface area contributed by atoms with E-state index in [0.717, 1.165) is 22.3 Å². The maximum atomic E-state index is 12.1. The van der Waals surface area contributed by atoms with Crippen LogP contribution in [0.5, 0.6) is 0 Å². The molecule has 0 bridgehead atoms. The topological polar surface area (TPSA) is 77.5 Å². The number of fused-ring (bicyclic) bond motifs is 1. The Morgan fingerprint density at radius 2 is 1.96 bits per heavy atom. The minimum atomic E-state index is -0.354. The standard InChI is InChI=1S/C19H28N4O2/c1-13(9-14(2)24)11-20-19(25)21-12-15-10-18(23(3)4)22-17-8-6-5-7-16(15)17/h5-8,10,13-14,24H,9,11-12H2,1-4H3,(H2,20,21,25). The smallest absolute Gasteiger partial charge is 0.315 e. The van der Waals surface area contributed by atoms with Crippen LogP contribution >= 0.6 is 0 Å². The van der Waals surface area contributed by atoms with E-state index in [2.05, 4.69) is 15.6 Å². The summed E-state index contributed by atoms with van der Waals surface area (Å²) in [6, 6.07) is 9.72. The first-order chi connectivity index (χ1) is 11.9. The third-order valence-electron chi connectivity index (χ3n) is 4.04. The molecule has 0 saturated heterocycles. The second kappa shape index (κ2) is 8.67. The fourth-order valence-corrected chi connectivity index (χ4v) is 2.78. The minimum Gasteiger partial charge on any atom is -0.393 e. The van der Waals surface area contributed by atoms with Gasteiger partial charge in [0.1, 0.15) is 5.82 Å². The first kappa shape index (κ1) is 19.0. The summed E-state index contributed by atoms with van der Waals surface area (Å²) < 4.78 is 0. The number of aliphatic hydroxyl groups is 1. The van der Waals surface area contributed by atoms with Crippen molar-refractivity contribution < 1.29 is 9.90 Å². The van der Waals surface area contributed by atoms with Crippen LogP contribution in [-0.2, 0) is 6.54 Å². The predicted octanol–water partition coefficient (Wildman–Crippen LogP) is 2.51. The number of para-hydroxylation sites is 1. The van der Waals surface area contributed by atoms with Gasteiger partial charge in [-0.25, -0.2) is 9.78 Å². The van der Waals surface area contributed by atoms with Crippen molar-refractivity contribution in [2.45, 2.75) is 32.9 Å². The maximum Gasteiger partial charge on any atom is 0.315 e. The van der Waals surface area contributed by atoms with E-state index in [9.17, 15) is 9.90 Å². The quantitative estimate of drug-likeness (QED) is 0.721. The van der Waals surface area contributed by atoms with Crippen molar-refractivity contribution in [2.24, 2.45) is 5.92 Å². The van der Waals surface area contributed by atoms with Crippen LogP contribution in [0.25, 0.3) is 10.9 Å². The highest BCUT2D eigenvalue weighted by Crippen LogP contribution is 2.21. The Morgan fingerprint density at radius 3 is 2.64 bits per heavy atom. The maximum absolute atomic E-state index is 12.1. The van der Waals surface area contributed by atoms with Crippen LogP contribution < -0.4 is 15.5 Å². The Kier molecular flexibility index (Phi) is 6.58. The highest BCUT2D eigenvalue weighted by molar-refractivity contribution is 5.84. The zero-order valence-electron chi connectivity index (χ0n) is 15.4. The van der Waals surface area contributed by atoms with Crippen molar-refractivity contribution in [3.8, 4) is 0 Å². The number of rotatable bonds is 7. The number of nitrogens with one attached hydrogen (secondary N) is 2. The Labute approximate surface area is 149 Å². The molecule has 0 aliphatic heterocycles. The van der Waals surface area contributed by atoms with Gasteiger partial charge in [0, 0.05) is 32.6 Å². The van der Waals surface area contributed by atoms with Gasteiger partial charge in [-0.2, -0.15) is 0 Å². The van der Waals surface area contributed by atoms with Gasteiger partial charge in [0.25, 0.3) is 0 Å². The van der Waals surface area contributed by atoms with Gasteiger partial charge in [-0.3, -0.25) is 0 Å². The number of hydrogen-bond acceptors (Lipinski definition) is 4. The molecule has 2 rings (SSSR count). The first-order valence-electron chi connectivity index (χ1n) is 8.62. The number of anilines is 1. The molecule has 3 N–H and O–H groups in total.